The minimum atomic E-state index is -1.06. The molecule has 6 aliphatic heterocycles. The number of carboxylic acids is 1. The van der Waals surface area contributed by atoms with Crippen LogP contribution in [0.2, 0.25) is 10.0 Å². The number of benzene rings is 4. The Bertz CT molecular complexity index is 4330. The molecular weight excluding hydrogens is 1350 g/mol. The Morgan fingerprint density at radius 3 is 1.34 bits per heavy atom. The highest BCUT2D eigenvalue weighted by Crippen LogP contribution is 2.43. The van der Waals surface area contributed by atoms with Crippen molar-refractivity contribution < 1.29 is 62.8 Å². The lowest BCUT2D eigenvalue weighted by molar-refractivity contribution is 0.0381. The average molecular weight is 1410 g/mol. The van der Waals surface area contributed by atoms with Crippen LogP contribution in [0.3, 0.4) is 0 Å². The maximum Gasteiger partial charge on any atom is 0.358 e. The number of hydrogen-bond donors (Lipinski definition) is 2. The summed E-state index contributed by atoms with van der Waals surface area (Å²) in [4.78, 5) is 125. The molecule has 2 saturated heterocycles. The number of rotatable bonds is 11. The van der Waals surface area contributed by atoms with E-state index in [1.54, 1.807) is 97.0 Å². The number of carbonyl (C=O) groups is 8. The van der Waals surface area contributed by atoms with Crippen LogP contribution in [-0.4, -0.2) is 169 Å². The van der Waals surface area contributed by atoms with E-state index in [4.69, 9.17) is 42.5 Å². The minimum Gasteiger partial charge on any atom is -0.476 e. The van der Waals surface area contributed by atoms with Crippen LogP contribution < -0.4 is 0 Å². The Labute approximate surface area is 544 Å². The average Bonchev–Trinajstić information content (AvgIpc) is 1.63. The summed E-state index contributed by atoms with van der Waals surface area (Å²) in [5.74, 6) is -3.44. The summed E-state index contributed by atoms with van der Waals surface area (Å²) in [5, 5.41) is 19.1. The summed E-state index contributed by atoms with van der Waals surface area (Å²) in [6.07, 6.45) is 9.80. The van der Waals surface area contributed by atoms with E-state index in [1.807, 2.05) is 24.3 Å². The quantitative estimate of drug-likeness (QED) is 0.0693. The number of ether oxygens (including phenoxy) is 3. The van der Waals surface area contributed by atoms with Crippen LogP contribution in [0, 0.1) is 0 Å². The second-order valence-corrected chi connectivity index (χ2v) is 24.6. The van der Waals surface area contributed by atoms with Gasteiger partial charge in [0.1, 0.15) is 25.3 Å². The standard InChI is InChI=1S/C31H26BrClN6O6.C16H16ClN3O4.C15H12BrN3O3/c1-36-14-24-25(34-15-38(24)21-8-6-18(33)13-20(21)28(36)40)30(42)44-10-3-11-45-31(43)26-27-23-4-2-9-37(23)29(41)19-12-17(32)5-7-22(19)39(27)16-35-26;1-19-8-13-14(16(23)24-6-2-5-21)18-9-20(13)12-4-3-10(17)7-11(12)15(19)22;16-8-3-4-10-9(6-8)14(20)18-5-1-2-11(18)13-12(15(21)22)17-7-19(10)13/h5-8,12-13,15-16,23H,2-4,9-11,14H2,1H3;3-4,7,9,21H,2,5-6,8H2,1H3;3-4,6-7,11H,1-2,5H2,(H,21,22). The number of carbonyl (C=O) groups excluding carboxylic acids is 7. The molecule has 4 amide bonds. The van der Waals surface area contributed by atoms with E-state index in [2.05, 4.69) is 51.8 Å². The number of halogens is 4. The molecule has 0 aliphatic carbocycles. The van der Waals surface area contributed by atoms with E-state index in [0.29, 0.717) is 104 Å². The Kier molecular flexibility index (Phi) is 17.6. The second-order valence-electron chi connectivity index (χ2n) is 21.9. The van der Waals surface area contributed by atoms with Crippen molar-refractivity contribution in [3.8, 4) is 22.7 Å². The van der Waals surface area contributed by atoms with Gasteiger partial charge in [0.2, 0.25) is 0 Å². The van der Waals surface area contributed by atoms with Crippen molar-refractivity contribution in [2.45, 2.75) is 63.7 Å². The molecule has 4 aromatic heterocycles. The summed E-state index contributed by atoms with van der Waals surface area (Å²) in [6, 6.07) is 20.4. The number of esters is 3. The third-order valence-electron chi connectivity index (χ3n) is 16.3. The van der Waals surface area contributed by atoms with Gasteiger partial charge in [-0.2, -0.15) is 0 Å². The predicted octanol–water partition coefficient (Wildman–Crippen LogP) is 9.03. The zero-order chi connectivity index (χ0) is 64.1. The van der Waals surface area contributed by atoms with Gasteiger partial charge in [0, 0.05) is 65.6 Å². The molecular formula is C62H54Br2Cl2N12O13. The number of imidazole rings is 4. The molecule has 2 unspecified atom stereocenters. The van der Waals surface area contributed by atoms with Crippen molar-refractivity contribution in [3.05, 3.63) is 185 Å². The molecule has 8 aromatic rings. The van der Waals surface area contributed by atoms with Crippen molar-refractivity contribution in [3.63, 3.8) is 0 Å². The summed E-state index contributed by atoms with van der Waals surface area (Å²) in [5.41, 5.74) is 7.23. The number of carboxylic acid groups (broad SMARTS) is 1. The van der Waals surface area contributed by atoms with Crippen LogP contribution in [0.15, 0.2) is 107 Å². The lowest BCUT2D eigenvalue weighted by atomic mass is 10.1. The Hall–Kier alpha value is -9.02. The maximum absolute atomic E-state index is 13.4. The van der Waals surface area contributed by atoms with Gasteiger partial charge in [-0.1, -0.05) is 55.1 Å². The smallest absolute Gasteiger partial charge is 0.358 e. The number of aromatic carboxylic acids is 1. The van der Waals surface area contributed by atoms with E-state index < -0.39 is 23.9 Å². The Morgan fingerprint density at radius 1 is 0.516 bits per heavy atom. The number of nitrogens with zero attached hydrogens (tertiary/aromatic N) is 12. The molecule has 2 fully saturated rings. The second kappa shape index (κ2) is 25.7. The highest BCUT2D eigenvalue weighted by atomic mass is 79.9. The summed E-state index contributed by atoms with van der Waals surface area (Å²) >= 11 is 19.0. The molecule has 0 radical (unpaired) electrons. The molecule has 6 aliphatic rings. The third kappa shape index (κ3) is 11.7. The van der Waals surface area contributed by atoms with Crippen molar-refractivity contribution in [1.29, 1.82) is 0 Å². The number of fused-ring (bicyclic) bond motifs is 16. The van der Waals surface area contributed by atoms with Crippen LogP contribution in [0.5, 0.6) is 0 Å². The first-order chi connectivity index (χ1) is 43.8. The van der Waals surface area contributed by atoms with E-state index >= 15 is 0 Å². The summed E-state index contributed by atoms with van der Waals surface area (Å²) < 4.78 is 24.7. The topological polar surface area (TPSA) is 289 Å². The van der Waals surface area contributed by atoms with E-state index in [-0.39, 0.29) is 104 Å². The van der Waals surface area contributed by atoms with Gasteiger partial charge in [-0.25, -0.2) is 39.1 Å². The number of aliphatic hydroxyl groups excluding tert-OH is 1. The molecule has 0 saturated carbocycles. The zero-order valence-electron chi connectivity index (χ0n) is 48.6. The van der Waals surface area contributed by atoms with Crippen LogP contribution in [-0.2, 0) is 27.3 Å². The molecule has 14 rings (SSSR count). The molecule has 2 atom stereocenters. The minimum absolute atomic E-state index is 0.0120. The first-order valence-electron chi connectivity index (χ1n) is 28.8. The van der Waals surface area contributed by atoms with Gasteiger partial charge >= 0.3 is 23.9 Å². The number of amides is 4. The van der Waals surface area contributed by atoms with Crippen LogP contribution >= 0.6 is 55.1 Å². The molecule has 10 heterocycles. The first-order valence-corrected chi connectivity index (χ1v) is 31.1. The SMILES string of the molecule is CN1Cc2c(C(=O)OCCCO)ncn2-c2ccc(Cl)cc2C1=O.CN1Cc2c(C(=O)OCCCOC(=O)c3ncn4c3C3CCCN3C(=O)c3cc(Br)ccc3-4)ncn2-c2ccc(Cl)cc2C1=O.O=C(O)c1ncn2c1C1CCCN1C(=O)c1cc(Br)ccc1-2. The van der Waals surface area contributed by atoms with Crippen molar-refractivity contribution >= 4 is 103 Å². The normalized spacial score (nSPS) is 16.4. The van der Waals surface area contributed by atoms with Gasteiger partial charge < -0.3 is 44.0 Å². The monoisotopic (exact) mass is 1400 g/mol. The maximum atomic E-state index is 13.4. The van der Waals surface area contributed by atoms with E-state index in [9.17, 15) is 43.5 Å². The molecule has 0 bridgehead atoms. The highest BCUT2D eigenvalue weighted by molar-refractivity contribution is 9.10. The van der Waals surface area contributed by atoms with Crippen LogP contribution in [0.4, 0.5) is 0 Å². The van der Waals surface area contributed by atoms with Crippen molar-refractivity contribution in [1.82, 2.24) is 57.8 Å². The van der Waals surface area contributed by atoms with Crippen molar-refractivity contribution in [2.75, 3.05) is 53.6 Å². The lowest BCUT2D eigenvalue weighted by Gasteiger charge is -2.22. The highest BCUT2D eigenvalue weighted by Gasteiger charge is 2.42. The molecule has 91 heavy (non-hydrogen) atoms. The third-order valence-corrected chi connectivity index (χ3v) is 17.8. The lowest BCUT2D eigenvalue weighted by Crippen LogP contribution is -2.30. The van der Waals surface area contributed by atoms with Gasteiger partial charge in [0.25, 0.3) is 23.6 Å². The largest absolute Gasteiger partial charge is 0.476 e. The molecule has 468 valence electrons. The van der Waals surface area contributed by atoms with Gasteiger partial charge in [0.15, 0.2) is 22.8 Å². The number of aromatic nitrogens is 8. The van der Waals surface area contributed by atoms with Gasteiger partial charge in [-0.05, 0) is 98.5 Å². The predicted molar refractivity (Wildman–Crippen MR) is 331 cm³/mol. The van der Waals surface area contributed by atoms with E-state index in [0.717, 1.165) is 28.2 Å². The molecule has 25 nitrogen and oxygen atoms in total. The van der Waals surface area contributed by atoms with Crippen molar-refractivity contribution in [2.24, 2.45) is 0 Å². The first kappa shape index (κ1) is 62.2. The number of hydrogen-bond acceptors (Lipinski definition) is 16. The fourth-order valence-corrected chi connectivity index (χ4v) is 13.2. The van der Waals surface area contributed by atoms with Gasteiger partial charge in [-0.3, -0.25) is 37.4 Å². The Balaban J connectivity index is 0.000000146. The van der Waals surface area contributed by atoms with Crippen LogP contribution in [0.1, 0.15) is 157 Å². The fraction of sp³-hybridized carbons (Fsp3) is 0.290. The summed E-state index contributed by atoms with van der Waals surface area (Å²) in [7, 11) is 3.29. The zero-order valence-corrected chi connectivity index (χ0v) is 53.2. The van der Waals surface area contributed by atoms with E-state index in [1.165, 1.54) is 28.8 Å². The molecule has 0 spiro atoms. The summed E-state index contributed by atoms with van der Waals surface area (Å²) in [6.45, 7) is 1.62. The molecule has 2 N–H and O–H groups in total. The molecule has 4 aromatic carbocycles. The molecule has 29 heteroatoms. The Morgan fingerprint density at radius 2 is 0.890 bits per heavy atom. The van der Waals surface area contributed by atoms with Gasteiger partial charge in [0.05, 0.1) is 113 Å². The van der Waals surface area contributed by atoms with Gasteiger partial charge in [-0.15, -0.1) is 0 Å². The van der Waals surface area contributed by atoms with Crippen LogP contribution in [0.25, 0.3) is 22.7 Å². The number of aliphatic hydroxyl groups is 1. The fourth-order valence-electron chi connectivity index (χ4n) is 12.1.